The van der Waals surface area contributed by atoms with Crippen LogP contribution < -0.4 is 9.64 Å². The third-order valence-electron chi connectivity index (χ3n) is 3.78. The van der Waals surface area contributed by atoms with Gasteiger partial charge in [0, 0.05) is 12.1 Å². The van der Waals surface area contributed by atoms with Crippen LogP contribution in [-0.4, -0.2) is 24.7 Å². The fourth-order valence-electron chi connectivity index (χ4n) is 2.72. The number of anilines is 1. The number of aryl methyl sites for hydroxylation is 1. The van der Waals surface area contributed by atoms with Crippen molar-refractivity contribution in [3.05, 3.63) is 53.6 Å². The number of ether oxygens (including phenoxy) is 1. The smallest absolute Gasteiger partial charge is 0.258 e. The first-order valence-corrected chi connectivity index (χ1v) is 6.97. The van der Waals surface area contributed by atoms with Crippen molar-refractivity contribution >= 4 is 11.6 Å². The summed E-state index contributed by atoms with van der Waals surface area (Å²) in [5, 5.41) is 10.1. The zero-order valence-electron chi connectivity index (χ0n) is 11.9. The number of nitrogens with zero attached hydrogens (tertiary/aromatic N) is 1. The van der Waals surface area contributed by atoms with Gasteiger partial charge in [-0.1, -0.05) is 12.1 Å². The lowest BCUT2D eigenvalue weighted by molar-refractivity contribution is 0.0984. The molecule has 1 amide bonds. The van der Waals surface area contributed by atoms with Gasteiger partial charge in [-0.05, 0) is 48.7 Å². The van der Waals surface area contributed by atoms with E-state index in [1.807, 2.05) is 12.1 Å². The lowest BCUT2D eigenvalue weighted by atomic mass is 10.00. The fraction of sp³-hybridized carbons (Fsp3) is 0.235. The van der Waals surface area contributed by atoms with Crippen molar-refractivity contribution in [1.82, 2.24) is 0 Å². The van der Waals surface area contributed by atoms with Crippen LogP contribution in [0.3, 0.4) is 0 Å². The molecule has 4 nitrogen and oxygen atoms in total. The molecule has 108 valence electrons. The van der Waals surface area contributed by atoms with Gasteiger partial charge in [0.2, 0.25) is 0 Å². The van der Waals surface area contributed by atoms with E-state index >= 15 is 0 Å². The zero-order valence-corrected chi connectivity index (χ0v) is 11.9. The summed E-state index contributed by atoms with van der Waals surface area (Å²) in [6, 6.07) is 12.4. The molecular weight excluding hydrogens is 266 g/mol. The normalized spacial score (nSPS) is 13.7. The Morgan fingerprint density at radius 2 is 1.95 bits per heavy atom. The topological polar surface area (TPSA) is 49.8 Å². The van der Waals surface area contributed by atoms with Crippen LogP contribution in [0.1, 0.15) is 22.3 Å². The van der Waals surface area contributed by atoms with E-state index < -0.39 is 0 Å². The molecule has 0 unspecified atom stereocenters. The monoisotopic (exact) mass is 283 g/mol. The molecule has 1 aliphatic heterocycles. The van der Waals surface area contributed by atoms with Crippen molar-refractivity contribution in [2.75, 3.05) is 18.6 Å². The second kappa shape index (κ2) is 5.48. The molecule has 0 spiro atoms. The Morgan fingerprint density at radius 1 is 1.19 bits per heavy atom. The molecule has 1 heterocycles. The maximum atomic E-state index is 12.7. The summed E-state index contributed by atoms with van der Waals surface area (Å²) >= 11 is 0. The quantitative estimate of drug-likeness (QED) is 0.921. The van der Waals surface area contributed by atoms with E-state index in [4.69, 9.17) is 4.74 Å². The molecule has 0 bridgehead atoms. The summed E-state index contributed by atoms with van der Waals surface area (Å²) in [6.07, 6.45) is 1.79. The molecule has 2 aromatic carbocycles. The molecule has 0 saturated carbocycles. The van der Waals surface area contributed by atoms with Gasteiger partial charge in [0.25, 0.3) is 5.91 Å². The molecule has 0 atom stereocenters. The van der Waals surface area contributed by atoms with Crippen molar-refractivity contribution in [1.29, 1.82) is 0 Å². The molecular formula is C17H17NO3. The van der Waals surface area contributed by atoms with Crippen LogP contribution in [0.4, 0.5) is 5.69 Å². The molecule has 3 rings (SSSR count). The second-order valence-corrected chi connectivity index (χ2v) is 5.07. The molecule has 0 aliphatic carbocycles. The van der Waals surface area contributed by atoms with Crippen LogP contribution in [0, 0.1) is 0 Å². The maximum Gasteiger partial charge on any atom is 0.258 e. The van der Waals surface area contributed by atoms with E-state index in [1.54, 1.807) is 42.3 Å². The Labute approximate surface area is 123 Å². The highest BCUT2D eigenvalue weighted by molar-refractivity contribution is 6.07. The molecule has 1 N–H and O–H groups in total. The van der Waals surface area contributed by atoms with Gasteiger partial charge in [-0.3, -0.25) is 4.79 Å². The average Bonchev–Trinajstić information content (AvgIpc) is 2.54. The molecule has 2 aromatic rings. The summed E-state index contributed by atoms with van der Waals surface area (Å²) in [5.74, 6) is 0.780. The SMILES string of the molecule is COc1ccc(C(=O)N2CCCc3cccc(O)c32)cc1. The largest absolute Gasteiger partial charge is 0.506 e. The number of hydrogen-bond acceptors (Lipinski definition) is 3. The summed E-state index contributed by atoms with van der Waals surface area (Å²) in [7, 11) is 1.59. The average molecular weight is 283 g/mol. The van der Waals surface area contributed by atoms with E-state index in [0.717, 1.165) is 18.4 Å². The Bertz CT molecular complexity index is 664. The molecule has 21 heavy (non-hydrogen) atoms. The van der Waals surface area contributed by atoms with Gasteiger partial charge >= 0.3 is 0 Å². The number of amides is 1. The second-order valence-electron chi connectivity index (χ2n) is 5.07. The van der Waals surface area contributed by atoms with Crippen molar-refractivity contribution in [3.8, 4) is 11.5 Å². The van der Waals surface area contributed by atoms with Gasteiger partial charge in [0.1, 0.15) is 11.5 Å². The minimum atomic E-state index is -0.0971. The van der Waals surface area contributed by atoms with Crippen LogP contribution in [0.15, 0.2) is 42.5 Å². The van der Waals surface area contributed by atoms with Crippen LogP contribution in [0.5, 0.6) is 11.5 Å². The predicted octanol–water partition coefficient (Wildman–Crippen LogP) is 2.99. The van der Waals surface area contributed by atoms with Crippen LogP contribution in [0.2, 0.25) is 0 Å². The Kier molecular flexibility index (Phi) is 3.52. The van der Waals surface area contributed by atoms with Gasteiger partial charge in [-0.25, -0.2) is 0 Å². The Balaban J connectivity index is 1.96. The first kappa shape index (κ1) is 13.5. The lowest BCUT2D eigenvalue weighted by Crippen LogP contribution is -2.35. The number of phenolic OH excluding ortho intramolecular Hbond substituents is 1. The van der Waals surface area contributed by atoms with E-state index in [9.17, 15) is 9.90 Å². The van der Waals surface area contributed by atoms with Crippen molar-refractivity contribution in [3.63, 3.8) is 0 Å². The summed E-state index contributed by atoms with van der Waals surface area (Å²) < 4.78 is 5.10. The molecule has 0 saturated heterocycles. The van der Waals surface area contributed by atoms with E-state index in [1.165, 1.54) is 0 Å². The van der Waals surface area contributed by atoms with Crippen LogP contribution in [-0.2, 0) is 6.42 Å². The zero-order chi connectivity index (χ0) is 14.8. The minimum Gasteiger partial charge on any atom is -0.506 e. The molecule has 0 fully saturated rings. The van der Waals surface area contributed by atoms with Gasteiger partial charge in [0.15, 0.2) is 0 Å². The fourth-order valence-corrected chi connectivity index (χ4v) is 2.72. The highest BCUT2D eigenvalue weighted by Crippen LogP contribution is 2.36. The summed E-state index contributed by atoms with van der Waals surface area (Å²) in [4.78, 5) is 14.4. The van der Waals surface area contributed by atoms with Gasteiger partial charge in [0.05, 0.1) is 12.8 Å². The number of benzene rings is 2. The Hall–Kier alpha value is -2.49. The third-order valence-corrected chi connectivity index (χ3v) is 3.78. The standard InChI is InChI=1S/C17H17NO3/c1-21-14-9-7-13(8-10-14)17(20)18-11-3-5-12-4-2-6-15(19)16(12)18/h2,4,6-10,19H,3,5,11H2,1H3. The van der Waals surface area contributed by atoms with Crippen LogP contribution in [0.25, 0.3) is 0 Å². The number of para-hydroxylation sites is 1. The number of carbonyl (C=O) groups is 1. The third kappa shape index (κ3) is 2.44. The molecule has 0 aromatic heterocycles. The number of hydrogen-bond donors (Lipinski definition) is 1. The summed E-state index contributed by atoms with van der Waals surface area (Å²) in [6.45, 7) is 0.620. The number of fused-ring (bicyclic) bond motifs is 1. The molecule has 1 aliphatic rings. The number of phenols is 1. The number of rotatable bonds is 2. The summed E-state index contributed by atoms with van der Waals surface area (Å²) in [5.41, 5.74) is 2.25. The predicted molar refractivity (Wildman–Crippen MR) is 81.1 cm³/mol. The van der Waals surface area contributed by atoms with Gasteiger partial charge < -0.3 is 14.7 Å². The number of methoxy groups -OCH3 is 1. The molecule has 4 heteroatoms. The lowest BCUT2D eigenvalue weighted by Gasteiger charge is -2.30. The van der Waals surface area contributed by atoms with E-state index in [0.29, 0.717) is 23.5 Å². The maximum absolute atomic E-state index is 12.7. The first-order chi connectivity index (χ1) is 10.2. The molecule has 0 radical (unpaired) electrons. The Morgan fingerprint density at radius 3 is 2.67 bits per heavy atom. The minimum absolute atomic E-state index is 0.0971. The highest BCUT2D eigenvalue weighted by Gasteiger charge is 2.26. The van der Waals surface area contributed by atoms with E-state index in [-0.39, 0.29) is 11.7 Å². The van der Waals surface area contributed by atoms with Crippen molar-refractivity contribution < 1.29 is 14.6 Å². The number of carbonyl (C=O) groups excluding carboxylic acids is 1. The van der Waals surface area contributed by atoms with Crippen molar-refractivity contribution in [2.45, 2.75) is 12.8 Å². The van der Waals surface area contributed by atoms with Crippen molar-refractivity contribution in [2.24, 2.45) is 0 Å². The van der Waals surface area contributed by atoms with Gasteiger partial charge in [-0.15, -0.1) is 0 Å². The first-order valence-electron chi connectivity index (χ1n) is 6.97. The van der Waals surface area contributed by atoms with Gasteiger partial charge in [-0.2, -0.15) is 0 Å². The highest BCUT2D eigenvalue weighted by atomic mass is 16.5. The van der Waals surface area contributed by atoms with E-state index in [2.05, 4.69) is 0 Å². The van der Waals surface area contributed by atoms with Crippen LogP contribution >= 0.6 is 0 Å². The number of aromatic hydroxyl groups is 1.